The Balaban J connectivity index is 1.18. The maximum Gasteiger partial charge on any atom is 0.303 e. The molecule has 0 aromatic heterocycles. The minimum Gasteiger partial charge on any atom is -0.489 e. The third kappa shape index (κ3) is 6.50. The summed E-state index contributed by atoms with van der Waals surface area (Å²) in [4.78, 5) is 41.8. The molecule has 1 fully saturated rings. The lowest BCUT2D eigenvalue weighted by atomic mass is 10.0. The van der Waals surface area contributed by atoms with Gasteiger partial charge in [-0.2, -0.15) is 5.26 Å². The molecular weight excluding hydrogens is 565 g/mol. The highest BCUT2D eigenvalue weighted by Gasteiger charge is 2.37. The van der Waals surface area contributed by atoms with Gasteiger partial charge in [0.15, 0.2) is 0 Å². The lowest BCUT2D eigenvalue weighted by molar-refractivity contribution is -0.137. The second kappa shape index (κ2) is 13.1. The summed E-state index contributed by atoms with van der Waals surface area (Å²) in [5.41, 5.74) is 9.49. The summed E-state index contributed by atoms with van der Waals surface area (Å²) in [5.74, 6) is -2.04. The van der Waals surface area contributed by atoms with E-state index in [1.54, 1.807) is 30.3 Å². The third-order valence-corrected chi connectivity index (χ3v) is 8.42. The van der Waals surface area contributed by atoms with Crippen LogP contribution in [0.15, 0.2) is 60.7 Å². The first-order valence-electron chi connectivity index (χ1n) is 14.5. The normalized spacial score (nSPS) is 16.2. The first kappa shape index (κ1) is 30.5. The Morgan fingerprint density at radius 1 is 1.09 bits per heavy atom. The standard InChI is InChI=1S/C33H34FN5O5/c1-21(37-13-15-38(16-14-37)28-10-7-23(18-35)17-27(28)34)24-8-5-22(6-9-24)20-44-30-4-2-3-25-26(30)19-39(33(25)43)29(32(36)42)11-12-31(40)41/h2-10,17,21,29H,11-16,19-20H2,1H3,(H2,36,42)(H,40,41). The van der Waals surface area contributed by atoms with Crippen LogP contribution in [0, 0.1) is 17.1 Å². The van der Waals surface area contributed by atoms with Crippen molar-refractivity contribution in [2.75, 3.05) is 31.1 Å². The van der Waals surface area contributed by atoms with Gasteiger partial charge in [0.2, 0.25) is 5.91 Å². The van der Waals surface area contributed by atoms with Gasteiger partial charge in [0.25, 0.3) is 5.91 Å². The van der Waals surface area contributed by atoms with Gasteiger partial charge in [-0.25, -0.2) is 4.39 Å². The zero-order valence-electron chi connectivity index (χ0n) is 24.4. The van der Waals surface area contributed by atoms with E-state index in [9.17, 15) is 18.8 Å². The van der Waals surface area contributed by atoms with E-state index < -0.39 is 17.9 Å². The van der Waals surface area contributed by atoms with Crippen LogP contribution in [0.25, 0.3) is 0 Å². The number of fused-ring (bicyclic) bond motifs is 1. The zero-order chi connectivity index (χ0) is 31.4. The van der Waals surface area contributed by atoms with E-state index in [1.807, 2.05) is 23.1 Å². The number of rotatable bonds is 11. The quantitative estimate of drug-likeness (QED) is 0.339. The Labute approximate surface area is 255 Å². The van der Waals surface area contributed by atoms with Crippen LogP contribution in [0.4, 0.5) is 10.1 Å². The van der Waals surface area contributed by atoms with Gasteiger partial charge in [0.1, 0.15) is 24.2 Å². The molecule has 0 radical (unpaired) electrons. The number of hydrogen-bond donors (Lipinski definition) is 2. The summed E-state index contributed by atoms with van der Waals surface area (Å²) in [6.07, 6.45) is -0.336. The highest BCUT2D eigenvalue weighted by atomic mass is 19.1. The number of carbonyl (C=O) groups excluding carboxylic acids is 2. The van der Waals surface area contributed by atoms with E-state index >= 15 is 0 Å². The number of carboxylic acids is 1. The number of primary amides is 1. The highest BCUT2D eigenvalue weighted by molar-refractivity contribution is 6.01. The topological polar surface area (TPSA) is 140 Å². The predicted molar refractivity (Wildman–Crippen MR) is 160 cm³/mol. The van der Waals surface area contributed by atoms with E-state index in [4.69, 9.17) is 20.8 Å². The molecule has 3 aromatic rings. The minimum absolute atomic E-state index is 0.0588. The fourth-order valence-electron chi connectivity index (χ4n) is 5.87. The van der Waals surface area contributed by atoms with Gasteiger partial charge >= 0.3 is 5.97 Å². The second-order valence-corrected chi connectivity index (χ2v) is 11.1. The first-order valence-corrected chi connectivity index (χ1v) is 14.5. The first-order chi connectivity index (χ1) is 21.2. The van der Waals surface area contributed by atoms with Crippen molar-refractivity contribution in [3.8, 4) is 11.8 Å². The van der Waals surface area contributed by atoms with Crippen molar-refractivity contribution in [3.63, 3.8) is 0 Å². The molecule has 44 heavy (non-hydrogen) atoms. The van der Waals surface area contributed by atoms with Crippen molar-refractivity contribution in [1.82, 2.24) is 9.80 Å². The number of hydrogen-bond acceptors (Lipinski definition) is 7. The van der Waals surface area contributed by atoms with Gasteiger partial charge < -0.3 is 25.4 Å². The van der Waals surface area contributed by atoms with Crippen LogP contribution in [0.3, 0.4) is 0 Å². The predicted octanol–water partition coefficient (Wildman–Crippen LogP) is 3.83. The maximum absolute atomic E-state index is 14.5. The summed E-state index contributed by atoms with van der Waals surface area (Å²) < 4.78 is 20.6. The molecule has 1 saturated heterocycles. The number of piperazine rings is 1. The third-order valence-electron chi connectivity index (χ3n) is 8.42. The Hall–Kier alpha value is -4.95. The number of nitriles is 1. The van der Waals surface area contributed by atoms with Gasteiger partial charge in [-0.3, -0.25) is 19.3 Å². The molecule has 2 aliphatic heterocycles. The second-order valence-electron chi connectivity index (χ2n) is 11.1. The Kier molecular flexibility index (Phi) is 9.11. The molecule has 0 spiro atoms. The fourth-order valence-corrected chi connectivity index (χ4v) is 5.87. The van der Waals surface area contributed by atoms with Crippen LogP contribution >= 0.6 is 0 Å². The van der Waals surface area contributed by atoms with Gasteiger partial charge in [-0.05, 0) is 54.8 Å². The number of benzene rings is 3. The van der Waals surface area contributed by atoms with Crippen LogP contribution in [-0.4, -0.2) is 64.9 Å². The smallest absolute Gasteiger partial charge is 0.303 e. The Bertz CT molecular complexity index is 1600. The average molecular weight is 600 g/mol. The van der Waals surface area contributed by atoms with Gasteiger partial charge in [-0.15, -0.1) is 0 Å². The van der Waals surface area contributed by atoms with Crippen LogP contribution in [0.1, 0.15) is 58.4 Å². The number of nitrogens with zero attached hydrogens (tertiary/aromatic N) is 4. The number of aliphatic carboxylic acids is 1. The Morgan fingerprint density at radius 3 is 2.45 bits per heavy atom. The molecule has 2 aliphatic rings. The molecule has 5 rings (SSSR count). The SMILES string of the molecule is CC(c1ccc(COc2cccc3c2CN(C(CCC(=O)O)C(N)=O)C3=O)cc1)N1CCN(c2ccc(C#N)cc2F)CC1. The van der Waals surface area contributed by atoms with Gasteiger partial charge in [-0.1, -0.05) is 30.3 Å². The lowest BCUT2D eigenvalue weighted by Crippen LogP contribution is -2.47. The van der Waals surface area contributed by atoms with E-state index in [1.165, 1.54) is 11.0 Å². The maximum atomic E-state index is 14.5. The molecule has 3 aromatic carbocycles. The number of carbonyl (C=O) groups is 3. The molecule has 0 bridgehead atoms. The van der Waals surface area contributed by atoms with Crippen LogP contribution in [-0.2, 0) is 22.7 Å². The van der Waals surface area contributed by atoms with E-state index in [-0.39, 0.29) is 43.8 Å². The lowest BCUT2D eigenvalue weighted by Gasteiger charge is -2.39. The number of anilines is 1. The minimum atomic E-state index is -1.07. The molecule has 0 saturated carbocycles. The van der Waals surface area contributed by atoms with E-state index in [0.29, 0.717) is 41.2 Å². The number of ether oxygens (including phenoxy) is 1. The number of carboxylic acid groups (broad SMARTS) is 1. The summed E-state index contributed by atoms with van der Waals surface area (Å²) in [7, 11) is 0. The number of halogens is 1. The average Bonchev–Trinajstić information content (AvgIpc) is 3.36. The largest absolute Gasteiger partial charge is 0.489 e. The summed E-state index contributed by atoms with van der Waals surface area (Å²) in [5, 5.41) is 18.0. The van der Waals surface area contributed by atoms with Crippen molar-refractivity contribution in [3.05, 3.63) is 94.3 Å². The molecule has 228 valence electrons. The molecule has 0 aliphatic carbocycles. The fraction of sp³-hybridized carbons (Fsp3) is 0.333. The molecule has 2 amide bonds. The van der Waals surface area contributed by atoms with Crippen molar-refractivity contribution >= 4 is 23.5 Å². The van der Waals surface area contributed by atoms with Crippen LogP contribution < -0.4 is 15.4 Å². The highest BCUT2D eigenvalue weighted by Crippen LogP contribution is 2.34. The summed E-state index contributed by atoms with van der Waals surface area (Å²) in [6.45, 7) is 5.43. The molecular formula is C33H34FN5O5. The van der Waals surface area contributed by atoms with Crippen molar-refractivity contribution in [1.29, 1.82) is 5.26 Å². The molecule has 3 N–H and O–H groups in total. The molecule has 2 atom stereocenters. The molecule has 2 heterocycles. The van der Waals surface area contributed by atoms with Crippen molar-refractivity contribution in [2.24, 2.45) is 5.73 Å². The summed E-state index contributed by atoms with van der Waals surface area (Å²) >= 11 is 0. The van der Waals surface area contributed by atoms with Crippen molar-refractivity contribution < 1.29 is 28.6 Å². The Morgan fingerprint density at radius 2 is 1.82 bits per heavy atom. The zero-order valence-corrected chi connectivity index (χ0v) is 24.4. The van der Waals surface area contributed by atoms with Gasteiger partial charge in [0.05, 0.1) is 23.9 Å². The number of amides is 2. The summed E-state index contributed by atoms with van der Waals surface area (Å²) in [6, 6.07) is 19.0. The molecule has 11 heteroatoms. The van der Waals surface area contributed by atoms with Crippen LogP contribution in [0.2, 0.25) is 0 Å². The van der Waals surface area contributed by atoms with E-state index in [0.717, 1.165) is 24.2 Å². The van der Waals surface area contributed by atoms with Crippen molar-refractivity contribution in [2.45, 2.75) is 45.0 Å². The molecule has 10 nitrogen and oxygen atoms in total. The molecule has 2 unspecified atom stereocenters. The van der Waals surface area contributed by atoms with E-state index in [2.05, 4.69) is 24.0 Å². The van der Waals surface area contributed by atoms with Crippen LogP contribution in [0.5, 0.6) is 5.75 Å². The monoisotopic (exact) mass is 599 g/mol. The number of nitrogens with two attached hydrogens (primary N) is 1. The van der Waals surface area contributed by atoms with Gasteiger partial charge in [0, 0.05) is 49.8 Å².